The summed E-state index contributed by atoms with van der Waals surface area (Å²) in [4.78, 5) is 9.77. The molecule has 15 heavy (non-hydrogen) atoms. The van der Waals surface area contributed by atoms with E-state index in [0.717, 1.165) is 0 Å². The molecule has 0 aliphatic carbocycles. The van der Waals surface area contributed by atoms with Crippen LogP contribution in [-0.2, 0) is 11.3 Å². The molecule has 0 saturated heterocycles. The number of methoxy groups -OCH3 is 1. The molecule has 1 heterocycles. The second-order valence-corrected chi connectivity index (χ2v) is 3.23. The summed E-state index contributed by atoms with van der Waals surface area (Å²) >= 11 is 0. The van der Waals surface area contributed by atoms with Crippen molar-refractivity contribution in [2.75, 3.05) is 13.7 Å². The number of rotatable bonds is 6. The fourth-order valence-corrected chi connectivity index (χ4v) is 1.14. The first-order valence-corrected chi connectivity index (χ1v) is 4.59. The Kier molecular flexibility index (Phi) is 4.26. The van der Waals surface area contributed by atoms with Crippen LogP contribution >= 0.6 is 0 Å². The zero-order valence-electron chi connectivity index (χ0n) is 8.73. The Morgan fingerprint density at radius 3 is 2.93 bits per heavy atom. The van der Waals surface area contributed by atoms with Gasteiger partial charge in [-0.25, -0.2) is 0 Å². The quantitative estimate of drug-likeness (QED) is 0.570. The van der Waals surface area contributed by atoms with Crippen LogP contribution in [0.3, 0.4) is 0 Å². The van der Waals surface area contributed by atoms with Gasteiger partial charge in [0.05, 0.1) is 19.2 Å². The number of hydrogen-bond donors (Lipinski definition) is 1. The monoisotopic (exact) mass is 214 g/mol. The van der Waals surface area contributed by atoms with Crippen molar-refractivity contribution >= 4 is 5.88 Å². The minimum Gasteiger partial charge on any atom is -0.404 e. The molecule has 0 saturated carbocycles. The molecule has 6 heteroatoms. The fraction of sp³-hybridized carbons (Fsp3) is 0.556. The molecule has 0 bridgehead atoms. The number of nitro groups is 1. The van der Waals surface area contributed by atoms with Crippen molar-refractivity contribution in [3.05, 3.63) is 28.0 Å². The number of hydrogen-bond acceptors (Lipinski definition) is 5. The van der Waals surface area contributed by atoms with Gasteiger partial charge in [-0.3, -0.25) is 10.1 Å². The lowest BCUT2D eigenvalue weighted by Crippen LogP contribution is -2.29. The van der Waals surface area contributed by atoms with Gasteiger partial charge in [-0.05, 0) is 13.0 Å². The molecule has 1 N–H and O–H groups in total. The second kappa shape index (κ2) is 5.47. The standard InChI is InChI=1S/C9H14N2O4/c1-7(6-14-2)10-5-8-3-4-9(15-8)11(12)13/h3-4,7,10H,5-6H2,1-2H3. The summed E-state index contributed by atoms with van der Waals surface area (Å²) in [6.45, 7) is 3.00. The summed E-state index contributed by atoms with van der Waals surface area (Å²) in [5, 5.41) is 13.4. The molecular formula is C9H14N2O4. The highest BCUT2D eigenvalue weighted by molar-refractivity contribution is 5.17. The Hall–Kier alpha value is -1.40. The minimum absolute atomic E-state index is 0.180. The smallest absolute Gasteiger partial charge is 0.404 e. The van der Waals surface area contributed by atoms with Crippen molar-refractivity contribution < 1.29 is 14.1 Å². The zero-order valence-corrected chi connectivity index (χ0v) is 8.73. The maximum absolute atomic E-state index is 10.3. The van der Waals surface area contributed by atoms with Crippen LogP contribution < -0.4 is 5.32 Å². The molecule has 0 radical (unpaired) electrons. The molecule has 1 atom stereocenters. The van der Waals surface area contributed by atoms with Gasteiger partial charge in [0.25, 0.3) is 0 Å². The van der Waals surface area contributed by atoms with Crippen molar-refractivity contribution in [2.24, 2.45) is 0 Å². The first kappa shape index (κ1) is 11.7. The first-order chi connectivity index (χ1) is 7.13. The van der Waals surface area contributed by atoms with E-state index in [4.69, 9.17) is 9.15 Å². The predicted molar refractivity (Wildman–Crippen MR) is 53.5 cm³/mol. The van der Waals surface area contributed by atoms with Crippen LogP contribution in [0.25, 0.3) is 0 Å². The summed E-state index contributed by atoms with van der Waals surface area (Å²) in [7, 11) is 1.62. The van der Waals surface area contributed by atoms with Gasteiger partial charge in [-0.2, -0.15) is 0 Å². The van der Waals surface area contributed by atoms with Crippen LogP contribution in [0.4, 0.5) is 5.88 Å². The van der Waals surface area contributed by atoms with E-state index < -0.39 is 4.92 Å². The lowest BCUT2D eigenvalue weighted by atomic mass is 10.3. The van der Waals surface area contributed by atoms with Crippen LogP contribution in [0.2, 0.25) is 0 Å². The van der Waals surface area contributed by atoms with Crippen molar-refractivity contribution in [2.45, 2.75) is 19.5 Å². The Labute approximate surface area is 87.4 Å². The van der Waals surface area contributed by atoms with Crippen LogP contribution in [-0.4, -0.2) is 24.7 Å². The van der Waals surface area contributed by atoms with E-state index in [0.29, 0.717) is 18.9 Å². The summed E-state index contributed by atoms with van der Waals surface area (Å²) in [6.07, 6.45) is 0. The van der Waals surface area contributed by atoms with Gasteiger partial charge in [0, 0.05) is 13.2 Å². The number of ether oxygens (including phenoxy) is 1. The van der Waals surface area contributed by atoms with Crippen molar-refractivity contribution in [3.8, 4) is 0 Å². The van der Waals surface area contributed by atoms with Crippen molar-refractivity contribution in [1.29, 1.82) is 0 Å². The van der Waals surface area contributed by atoms with E-state index in [1.165, 1.54) is 6.07 Å². The van der Waals surface area contributed by atoms with Gasteiger partial charge in [0.15, 0.2) is 0 Å². The molecule has 1 unspecified atom stereocenters. The molecular weight excluding hydrogens is 200 g/mol. The molecule has 0 fully saturated rings. The van der Waals surface area contributed by atoms with Crippen LogP contribution in [0, 0.1) is 10.1 Å². The molecule has 1 aromatic heterocycles. The fourth-order valence-electron chi connectivity index (χ4n) is 1.14. The molecule has 0 aromatic carbocycles. The van der Waals surface area contributed by atoms with Crippen LogP contribution in [0.5, 0.6) is 0 Å². The third-order valence-corrected chi connectivity index (χ3v) is 1.87. The van der Waals surface area contributed by atoms with Crippen LogP contribution in [0.1, 0.15) is 12.7 Å². The highest BCUT2D eigenvalue weighted by atomic mass is 16.6. The number of nitrogens with zero attached hydrogens (tertiary/aromatic N) is 1. The van der Waals surface area contributed by atoms with E-state index >= 15 is 0 Å². The molecule has 1 aromatic rings. The molecule has 0 spiro atoms. The van der Waals surface area contributed by atoms with Crippen LogP contribution in [0.15, 0.2) is 16.5 Å². The van der Waals surface area contributed by atoms with Gasteiger partial charge in [-0.15, -0.1) is 0 Å². The van der Waals surface area contributed by atoms with Gasteiger partial charge >= 0.3 is 5.88 Å². The van der Waals surface area contributed by atoms with E-state index in [2.05, 4.69) is 5.32 Å². The average molecular weight is 214 g/mol. The second-order valence-electron chi connectivity index (χ2n) is 3.23. The maximum atomic E-state index is 10.3. The number of furan rings is 1. The Balaban J connectivity index is 2.40. The zero-order chi connectivity index (χ0) is 11.3. The molecule has 1 rings (SSSR count). The van der Waals surface area contributed by atoms with E-state index in [-0.39, 0.29) is 11.9 Å². The average Bonchev–Trinajstić information content (AvgIpc) is 2.63. The highest BCUT2D eigenvalue weighted by Gasteiger charge is 2.11. The summed E-state index contributed by atoms with van der Waals surface area (Å²) < 4.78 is 9.91. The van der Waals surface area contributed by atoms with Gasteiger partial charge in [-0.1, -0.05) is 0 Å². The SMILES string of the molecule is COCC(C)NCc1ccc([N+](=O)[O-])o1. The first-order valence-electron chi connectivity index (χ1n) is 4.59. The maximum Gasteiger partial charge on any atom is 0.433 e. The van der Waals surface area contributed by atoms with Crippen molar-refractivity contribution in [3.63, 3.8) is 0 Å². The van der Waals surface area contributed by atoms with Crippen molar-refractivity contribution in [1.82, 2.24) is 5.32 Å². The molecule has 84 valence electrons. The molecule has 0 aliphatic rings. The minimum atomic E-state index is -0.553. The largest absolute Gasteiger partial charge is 0.433 e. The summed E-state index contributed by atoms with van der Waals surface area (Å²) in [5.41, 5.74) is 0. The van der Waals surface area contributed by atoms with Gasteiger partial charge < -0.3 is 14.5 Å². The lowest BCUT2D eigenvalue weighted by molar-refractivity contribution is -0.402. The topological polar surface area (TPSA) is 77.5 Å². The predicted octanol–water partition coefficient (Wildman–Crippen LogP) is 1.31. The molecule has 0 amide bonds. The molecule has 6 nitrogen and oxygen atoms in total. The number of nitrogens with one attached hydrogen (secondary N) is 1. The molecule has 0 aliphatic heterocycles. The van der Waals surface area contributed by atoms with E-state index in [9.17, 15) is 10.1 Å². The van der Waals surface area contributed by atoms with Gasteiger partial charge in [0.1, 0.15) is 10.7 Å². The lowest BCUT2D eigenvalue weighted by Gasteiger charge is -2.10. The van der Waals surface area contributed by atoms with E-state index in [1.807, 2.05) is 6.92 Å². The Bertz CT molecular complexity index is 324. The summed E-state index contributed by atoms with van der Waals surface area (Å²) in [6, 6.07) is 3.11. The highest BCUT2D eigenvalue weighted by Crippen LogP contribution is 2.15. The Morgan fingerprint density at radius 1 is 1.67 bits per heavy atom. The third kappa shape index (κ3) is 3.69. The van der Waals surface area contributed by atoms with Gasteiger partial charge in [0.2, 0.25) is 0 Å². The summed E-state index contributed by atoms with van der Waals surface area (Å²) in [5.74, 6) is 0.316. The normalized spacial score (nSPS) is 12.7. The Morgan fingerprint density at radius 2 is 2.40 bits per heavy atom. The third-order valence-electron chi connectivity index (χ3n) is 1.87. The van der Waals surface area contributed by atoms with E-state index in [1.54, 1.807) is 13.2 Å².